The van der Waals surface area contributed by atoms with Gasteiger partial charge in [-0.15, -0.1) is 0 Å². The van der Waals surface area contributed by atoms with Crippen LogP contribution in [-0.2, 0) is 9.53 Å². The monoisotopic (exact) mass is 356 g/mol. The van der Waals surface area contributed by atoms with E-state index in [2.05, 4.69) is 6.92 Å². The molecule has 0 spiro atoms. The van der Waals surface area contributed by atoms with Crippen molar-refractivity contribution < 1.29 is 9.53 Å². The Kier molecular flexibility index (Phi) is 13.1. The van der Waals surface area contributed by atoms with Gasteiger partial charge in [-0.3, -0.25) is 4.79 Å². The van der Waals surface area contributed by atoms with Crippen molar-refractivity contribution in [3.8, 4) is 0 Å². The molecule has 2 nitrogen and oxygen atoms in total. The van der Waals surface area contributed by atoms with Crippen LogP contribution in [0.1, 0.15) is 39.5 Å². The van der Waals surface area contributed by atoms with Crippen LogP contribution in [0.2, 0.25) is 0 Å². The molecule has 0 aromatic carbocycles. The Bertz CT molecular complexity index is 84.1. The van der Waals surface area contributed by atoms with E-state index in [0.29, 0.717) is 13.0 Å². The molecule has 0 atom stereocenters. The van der Waals surface area contributed by atoms with Gasteiger partial charge in [0.15, 0.2) is 0 Å². The average molecular weight is 356 g/mol. The Balaban J connectivity index is 0. The third-order valence-electron chi connectivity index (χ3n) is 1.20. The van der Waals surface area contributed by atoms with Gasteiger partial charge in [0.05, 0.1) is 6.61 Å². The van der Waals surface area contributed by atoms with E-state index in [9.17, 15) is 4.79 Å². The Labute approximate surface area is 87.8 Å². The number of hydrogen-bond donors (Lipinski definition) is 0. The molecule has 0 aliphatic rings. The Hall–Kier alpha value is 0.353. The third kappa shape index (κ3) is 10.4. The molecule has 0 N–H and O–H groups in total. The SMILES string of the molecule is CCCCC(=O)OCCC.[BiH3]. The molecule has 0 fully saturated rings. The summed E-state index contributed by atoms with van der Waals surface area (Å²) >= 11 is 0. The van der Waals surface area contributed by atoms with Crippen LogP contribution in [0.3, 0.4) is 0 Å². The summed E-state index contributed by atoms with van der Waals surface area (Å²) in [5.41, 5.74) is 0. The molecule has 11 heavy (non-hydrogen) atoms. The van der Waals surface area contributed by atoms with E-state index in [1.165, 1.54) is 0 Å². The van der Waals surface area contributed by atoms with E-state index in [-0.39, 0.29) is 32.2 Å². The number of carbonyl (C=O) groups is 1. The topological polar surface area (TPSA) is 26.3 Å². The zero-order chi connectivity index (χ0) is 7.82. The van der Waals surface area contributed by atoms with Gasteiger partial charge < -0.3 is 4.74 Å². The van der Waals surface area contributed by atoms with Gasteiger partial charge in [0.25, 0.3) is 0 Å². The van der Waals surface area contributed by atoms with Crippen LogP contribution in [0.4, 0.5) is 0 Å². The van der Waals surface area contributed by atoms with Crippen molar-refractivity contribution in [2.45, 2.75) is 39.5 Å². The van der Waals surface area contributed by atoms with Gasteiger partial charge in [-0.1, -0.05) is 20.3 Å². The fourth-order valence-electron chi connectivity index (χ4n) is 0.609. The van der Waals surface area contributed by atoms with Crippen molar-refractivity contribution in [3.05, 3.63) is 0 Å². The van der Waals surface area contributed by atoms with Crippen LogP contribution in [0, 0.1) is 0 Å². The first-order valence-electron chi connectivity index (χ1n) is 3.96. The van der Waals surface area contributed by atoms with Crippen molar-refractivity contribution in [2.24, 2.45) is 0 Å². The summed E-state index contributed by atoms with van der Waals surface area (Å²) in [4.78, 5) is 10.7. The summed E-state index contributed by atoms with van der Waals surface area (Å²) in [5.74, 6) is -0.0521. The van der Waals surface area contributed by atoms with Gasteiger partial charge in [-0.05, 0) is 12.8 Å². The molecule has 3 heteroatoms. The minimum absolute atomic E-state index is 0. The molecule has 0 rings (SSSR count). The second-order valence-corrected chi connectivity index (χ2v) is 2.32. The molecule has 0 aliphatic carbocycles. The number of rotatable bonds is 5. The van der Waals surface area contributed by atoms with Gasteiger partial charge >= 0.3 is 32.2 Å². The summed E-state index contributed by atoms with van der Waals surface area (Å²) in [6, 6.07) is 0. The molecular weight excluding hydrogens is 337 g/mol. The Morgan fingerprint density at radius 2 is 1.91 bits per heavy atom. The van der Waals surface area contributed by atoms with Crippen LogP contribution in [0.15, 0.2) is 0 Å². The van der Waals surface area contributed by atoms with E-state index in [4.69, 9.17) is 4.74 Å². The first kappa shape index (κ1) is 13.9. The summed E-state index contributed by atoms with van der Waals surface area (Å²) in [7, 11) is 0. The van der Waals surface area contributed by atoms with Gasteiger partial charge in [-0.2, -0.15) is 0 Å². The predicted molar refractivity (Wildman–Crippen MR) is 50.7 cm³/mol. The molecule has 0 radical (unpaired) electrons. The minimum atomic E-state index is -0.0521. The van der Waals surface area contributed by atoms with Crippen LogP contribution in [-0.4, -0.2) is 38.8 Å². The third-order valence-corrected chi connectivity index (χ3v) is 1.20. The van der Waals surface area contributed by atoms with Crippen molar-refractivity contribution in [3.63, 3.8) is 0 Å². The van der Waals surface area contributed by atoms with Crippen molar-refractivity contribution in [2.75, 3.05) is 6.61 Å². The van der Waals surface area contributed by atoms with Crippen molar-refractivity contribution in [1.82, 2.24) is 0 Å². The summed E-state index contributed by atoms with van der Waals surface area (Å²) in [5, 5.41) is 0. The normalized spacial score (nSPS) is 8.55. The van der Waals surface area contributed by atoms with Crippen molar-refractivity contribution in [1.29, 1.82) is 0 Å². The molecule has 0 aliphatic heterocycles. The molecule has 0 saturated heterocycles. The molecule has 0 heterocycles. The van der Waals surface area contributed by atoms with Gasteiger partial charge in [-0.25, -0.2) is 0 Å². The number of hydrogen-bond acceptors (Lipinski definition) is 2. The van der Waals surface area contributed by atoms with E-state index < -0.39 is 0 Å². The van der Waals surface area contributed by atoms with Gasteiger partial charge in [0.1, 0.15) is 0 Å². The predicted octanol–water partition coefficient (Wildman–Crippen LogP) is 0.946. The second-order valence-electron chi connectivity index (χ2n) is 2.32. The number of ether oxygens (including phenoxy) is 1. The van der Waals surface area contributed by atoms with Crippen LogP contribution in [0.5, 0.6) is 0 Å². The zero-order valence-corrected chi connectivity index (χ0v) is 13.1. The maximum atomic E-state index is 10.7. The van der Waals surface area contributed by atoms with Crippen LogP contribution >= 0.6 is 0 Å². The van der Waals surface area contributed by atoms with E-state index >= 15 is 0 Å². The Morgan fingerprint density at radius 3 is 2.36 bits per heavy atom. The molecule has 0 amide bonds. The number of esters is 1. The van der Waals surface area contributed by atoms with E-state index in [1.807, 2.05) is 6.92 Å². The molecular formula is C8H19BiO2. The summed E-state index contributed by atoms with van der Waals surface area (Å²) < 4.78 is 4.85. The average Bonchev–Trinajstić information content (AvgIpc) is 1.97. The van der Waals surface area contributed by atoms with Crippen LogP contribution < -0.4 is 0 Å². The van der Waals surface area contributed by atoms with E-state index in [1.54, 1.807) is 0 Å². The fraction of sp³-hybridized carbons (Fsp3) is 0.875. The van der Waals surface area contributed by atoms with E-state index in [0.717, 1.165) is 19.3 Å². The first-order chi connectivity index (χ1) is 4.81. The number of unbranched alkanes of at least 4 members (excludes halogenated alkanes) is 1. The standard InChI is InChI=1S/C8H16O2.Bi.3H/c1-3-5-6-8(9)10-7-4-2;;;;/h3-7H2,1-2H3;;;;. The van der Waals surface area contributed by atoms with Gasteiger partial charge in [0.2, 0.25) is 0 Å². The number of carbonyl (C=O) groups excluding carboxylic acids is 1. The summed E-state index contributed by atoms with van der Waals surface area (Å²) in [6.07, 6.45) is 3.50. The van der Waals surface area contributed by atoms with Gasteiger partial charge in [0, 0.05) is 6.42 Å². The zero-order valence-electron chi connectivity index (χ0n) is 7.56. The molecule has 0 aromatic rings. The molecule has 0 bridgehead atoms. The van der Waals surface area contributed by atoms with Crippen molar-refractivity contribution >= 4 is 32.2 Å². The fourth-order valence-corrected chi connectivity index (χ4v) is 0.609. The second kappa shape index (κ2) is 10.4. The van der Waals surface area contributed by atoms with Crippen LogP contribution in [0.25, 0.3) is 0 Å². The molecule has 68 valence electrons. The molecule has 0 unspecified atom stereocenters. The summed E-state index contributed by atoms with van der Waals surface area (Å²) in [6.45, 7) is 4.63. The maximum absolute atomic E-state index is 10.7. The molecule has 0 aromatic heterocycles. The molecule has 0 saturated carbocycles. The Morgan fingerprint density at radius 1 is 1.27 bits per heavy atom. The quantitative estimate of drug-likeness (QED) is 0.542. The first-order valence-corrected chi connectivity index (χ1v) is 3.96.